The van der Waals surface area contributed by atoms with Crippen molar-refractivity contribution < 1.29 is 18.1 Å². The van der Waals surface area contributed by atoms with E-state index in [2.05, 4.69) is 10.0 Å². The van der Waals surface area contributed by atoms with Crippen LogP contribution in [0.3, 0.4) is 0 Å². The molecule has 0 saturated carbocycles. The normalized spacial score (nSPS) is 11.2. The lowest BCUT2D eigenvalue weighted by Crippen LogP contribution is -2.37. The van der Waals surface area contributed by atoms with Gasteiger partial charge in [0.05, 0.1) is 4.92 Å². The van der Waals surface area contributed by atoms with Crippen LogP contribution in [0.1, 0.15) is 0 Å². The Bertz CT molecular complexity index is 595. The number of carbonyl (C=O) groups is 1. The summed E-state index contributed by atoms with van der Waals surface area (Å²) in [5.41, 5.74) is 9.68. The third kappa shape index (κ3) is 4.04. The van der Waals surface area contributed by atoms with Crippen molar-refractivity contribution in [2.75, 3.05) is 18.8 Å². The summed E-state index contributed by atoms with van der Waals surface area (Å²) in [5, 5.41) is 12.5. The molecule has 106 valence electrons. The topological polar surface area (TPSA) is 170 Å². The van der Waals surface area contributed by atoms with Gasteiger partial charge in [-0.15, -0.1) is 0 Å². The van der Waals surface area contributed by atoms with E-state index >= 15 is 0 Å². The van der Waals surface area contributed by atoms with Crippen molar-refractivity contribution in [1.82, 2.24) is 10.0 Å². The summed E-state index contributed by atoms with van der Waals surface area (Å²) in [6.07, 6.45) is 0. The lowest BCUT2D eigenvalue weighted by Gasteiger charge is -2.04. The SMILES string of the molecule is NC(=O)NCCNS(=O)(=O)c1cc([N+](=O)[O-])c(N)s1. The van der Waals surface area contributed by atoms with Crippen molar-refractivity contribution in [2.45, 2.75) is 4.21 Å². The number of nitrogen functional groups attached to an aromatic ring is 1. The Balaban J connectivity index is 2.75. The van der Waals surface area contributed by atoms with Crippen molar-refractivity contribution in [3.05, 3.63) is 16.2 Å². The zero-order valence-electron chi connectivity index (χ0n) is 9.45. The fourth-order valence-electron chi connectivity index (χ4n) is 1.09. The maximum atomic E-state index is 11.7. The predicted octanol–water partition coefficient (Wildman–Crippen LogP) is -0.815. The molecule has 0 spiro atoms. The molecule has 0 bridgehead atoms. The molecular formula is C7H11N5O5S2. The Morgan fingerprint density at radius 2 is 2.11 bits per heavy atom. The lowest BCUT2D eigenvalue weighted by atomic mass is 10.5. The number of nitrogens with two attached hydrogens (primary N) is 2. The number of sulfonamides is 1. The molecule has 19 heavy (non-hydrogen) atoms. The molecule has 1 aromatic heterocycles. The lowest BCUT2D eigenvalue weighted by molar-refractivity contribution is -0.383. The number of nitrogens with zero attached hydrogens (tertiary/aromatic N) is 1. The van der Waals surface area contributed by atoms with Crippen LogP contribution in [0.25, 0.3) is 0 Å². The van der Waals surface area contributed by atoms with Crippen molar-refractivity contribution in [3.8, 4) is 0 Å². The van der Waals surface area contributed by atoms with E-state index in [-0.39, 0.29) is 22.3 Å². The van der Waals surface area contributed by atoms with E-state index in [4.69, 9.17) is 11.5 Å². The van der Waals surface area contributed by atoms with Gasteiger partial charge in [-0.05, 0) is 0 Å². The Labute approximate surface area is 112 Å². The maximum absolute atomic E-state index is 11.7. The van der Waals surface area contributed by atoms with E-state index in [1.807, 2.05) is 0 Å². The van der Waals surface area contributed by atoms with Gasteiger partial charge in [0, 0.05) is 19.2 Å². The van der Waals surface area contributed by atoms with Gasteiger partial charge in [-0.3, -0.25) is 10.1 Å². The van der Waals surface area contributed by atoms with Gasteiger partial charge in [-0.1, -0.05) is 11.3 Å². The maximum Gasteiger partial charge on any atom is 0.312 e. The highest BCUT2D eigenvalue weighted by atomic mass is 32.2. The van der Waals surface area contributed by atoms with Crippen molar-refractivity contribution >= 4 is 38.1 Å². The number of hydrogen-bond acceptors (Lipinski definition) is 7. The minimum absolute atomic E-state index is 0.00247. The highest BCUT2D eigenvalue weighted by Crippen LogP contribution is 2.34. The zero-order valence-corrected chi connectivity index (χ0v) is 11.1. The highest BCUT2D eigenvalue weighted by Gasteiger charge is 2.24. The second-order valence-corrected chi connectivity index (χ2v) is 6.34. The van der Waals surface area contributed by atoms with Gasteiger partial charge < -0.3 is 16.8 Å². The van der Waals surface area contributed by atoms with Gasteiger partial charge in [-0.2, -0.15) is 0 Å². The first-order valence-corrected chi connectivity index (χ1v) is 7.10. The number of nitrogens with one attached hydrogen (secondary N) is 2. The van der Waals surface area contributed by atoms with E-state index in [0.717, 1.165) is 6.07 Å². The van der Waals surface area contributed by atoms with Crippen LogP contribution in [-0.4, -0.2) is 32.5 Å². The molecular weight excluding hydrogens is 298 g/mol. The average Bonchev–Trinajstić information content (AvgIpc) is 2.67. The molecule has 0 aromatic carbocycles. The van der Waals surface area contributed by atoms with Gasteiger partial charge in [-0.25, -0.2) is 17.9 Å². The Morgan fingerprint density at radius 3 is 2.58 bits per heavy atom. The summed E-state index contributed by atoms with van der Waals surface area (Å²) in [6.45, 7) is -0.103. The summed E-state index contributed by atoms with van der Waals surface area (Å²) in [7, 11) is -3.90. The monoisotopic (exact) mass is 309 g/mol. The molecule has 12 heteroatoms. The first kappa shape index (κ1) is 15.1. The Kier molecular flexibility index (Phi) is 4.63. The van der Waals surface area contributed by atoms with Crippen molar-refractivity contribution in [3.63, 3.8) is 0 Å². The van der Waals surface area contributed by atoms with Gasteiger partial charge in [0.2, 0.25) is 10.0 Å². The molecule has 0 radical (unpaired) electrons. The Morgan fingerprint density at radius 1 is 1.47 bits per heavy atom. The summed E-state index contributed by atoms with van der Waals surface area (Å²) >= 11 is 0.588. The van der Waals surface area contributed by atoms with Crippen LogP contribution < -0.4 is 21.5 Å². The number of amides is 2. The standard InChI is InChI=1S/C7H11N5O5S2/c8-6-4(12(14)15)3-5(18-6)19(16,17)11-2-1-10-7(9)13/h3,11H,1-2,8H2,(H3,9,10,13). The van der Waals surface area contributed by atoms with Crippen LogP contribution in [-0.2, 0) is 10.0 Å². The predicted molar refractivity (Wildman–Crippen MR) is 68.2 cm³/mol. The fraction of sp³-hybridized carbons (Fsp3) is 0.286. The van der Waals surface area contributed by atoms with Crippen LogP contribution in [0.5, 0.6) is 0 Å². The number of hydrogen-bond donors (Lipinski definition) is 4. The first-order chi connectivity index (χ1) is 8.74. The minimum atomic E-state index is -3.90. The van der Waals surface area contributed by atoms with E-state index in [9.17, 15) is 23.3 Å². The number of thiophene rings is 1. The molecule has 0 atom stereocenters. The number of urea groups is 1. The first-order valence-electron chi connectivity index (χ1n) is 4.80. The molecule has 0 saturated heterocycles. The third-order valence-electron chi connectivity index (χ3n) is 1.90. The zero-order chi connectivity index (χ0) is 14.6. The van der Waals surface area contributed by atoms with Gasteiger partial charge in [0.1, 0.15) is 4.21 Å². The summed E-state index contributed by atoms with van der Waals surface area (Å²) in [4.78, 5) is 20.1. The summed E-state index contributed by atoms with van der Waals surface area (Å²) < 4.78 is 25.4. The third-order valence-corrected chi connectivity index (χ3v) is 4.78. The molecule has 10 nitrogen and oxygen atoms in total. The van der Waals surface area contributed by atoms with Gasteiger partial charge in [0.25, 0.3) is 0 Å². The number of rotatable bonds is 6. The van der Waals surface area contributed by atoms with Crippen molar-refractivity contribution in [2.24, 2.45) is 5.73 Å². The molecule has 1 heterocycles. The number of primary amides is 1. The molecule has 6 N–H and O–H groups in total. The molecule has 1 rings (SSSR count). The van der Waals surface area contributed by atoms with E-state index in [1.165, 1.54) is 0 Å². The summed E-state index contributed by atoms with van der Waals surface area (Å²) in [5.74, 6) is 0. The number of carbonyl (C=O) groups excluding carboxylic acids is 1. The van der Waals surface area contributed by atoms with Crippen molar-refractivity contribution in [1.29, 1.82) is 0 Å². The Hall–Kier alpha value is -1.92. The molecule has 0 unspecified atom stereocenters. The van der Waals surface area contributed by atoms with E-state index in [0.29, 0.717) is 11.3 Å². The summed E-state index contributed by atoms with van der Waals surface area (Å²) in [6, 6.07) is 0.0966. The number of nitro groups is 1. The van der Waals surface area contributed by atoms with E-state index < -0.39 is 26.7 Å². The van der Waals surface area contributed by atoms with Crippen LogP contribution in [0.2, 0.25) is 0 Å². The molecule has 1 aromatic rings. The molecule has 0 aliphatic carbocycles. The molecule has 0 aliphatic rings. The molecule has 0 fully saturated rings. The van der Waals surface area contributed by atoms with Crippen LogP contribution in [0.4, 0.5) is 15.5 Å². The number of anilines is 1. The average molecular weight is 309 g/mol. The van der Waals surface area contributed by atoms with Gasteiger partial charge >= 0.3 is 11.7 Å². The smallest absolute Gasteiger partial charge is 0.312 e. The van der Waals surface area contributed by atoms with E-state index in [1.54, 1.807) is 0 Å². The van der Waals surface area contributed by atoms with Gasteiger partial charge in [0.15, 0.2) is 5.00 Å². The second-order valence-electron chi connectivity index (χ2n) is 3.26. The molecule has 0 aliphatic heterocycles. The van der Waals surface area contributed by atoms with Crippen LogP contribution in [0, 0.1) is 10.1 Å². The quantitative estimate of drug-likeness (QED) is 0.304. The van der Waals surface area contributed by atoms with Crippen LogP contribution >= 0.6 is 11.3 Å². The highest BCUT2D eigenvalue weighted by molar-refractivity contribution is 7.91. The fourth-order valence-corrected chi connectivity index (χ4v) is 3.38. The largest absolute Gasteiger partial charge is 0.385 e. The second kappa shape index (κ2) is 5.81. The minimum Gasteiger partial charge on any atom is -0.385 e. The molecule has 2 amide bonds. The van der Waals surface area contributed by atoms with Crippen LogP contribution in [0.15, 0.2) is 10.3 Å².